The third-order valence-corrected chi connectivity index (χ3v) is 6.24. The summed E-state index contributed by atoms with van der Waals surface area (Å²) in [5.74, 6) is -1.03. The minimum Gasteiger partial charge on any atom is -0.496 e. The highest BCUT2D eigenvalue weighted by atomic mass is 32.2. The van der Waals surface area contributed by atoms with Crippen LogP contribution < -0.4 is 15.6 Å². The normalized spacial score (nSPS) is 14.8. The van der Waals surface area contributed by atoms with E-state index in [4.69, 9.17) is 9.47 Å². The lowest BCUT2D eigenvalue weighted by Gasteiger charge is -2.26. The third kappa shape index (κ3) is 4.73. The summed E-state index contributed by atoms with van der Waals surface area (Å²) in [6.45, 7) is 1.11. The average molecular weight is 419 g/mol. The van der Waals surface area contributed by atoms with Crippen molar-refractivity contribution in [2.45, 2.75) is 4.90 Å². The molecular weight excluding hydrogens is 398 g/mol. The number of morpholine rings is 1. The van der Waals surface area contributed by atoms with Crippen LogP contribution in [0.5, 0.6) is 5.75 Å². The fourth-order valence-corrected chi connectivity index (χ4v) is 4.24. The average Bonchev–Trinajstić information content (AvgIpc) is 2.77. The van der Waals surface area contributed by atoms with Crippen LogP contribution in [0.25, 0.3) is 0 Å². The van der Waals surface area contributed by atoms with Crippen molar-refractivity contribution in [3.63, 3.8) is 0 Å². The van der Waals surface area contributed by atoms with Crippen LogP contribution in [0.15, 0.2) is 53.4 Å². The number of rotatable bonds is 5. The van der Waals surface area contributed by atoms with Crippen LogP contribution in [0.3, 0.4) is 0 Å². The lowest BCUT2D eigenvalue weighted by Crippen LogP contribution is -2.42. The van der Waals surface area contributed by atoms with E-state index in [0.29, 0.717) is 18.8 Å². The zero-order chi connectivity index (χ0) is 20.9. The molecule has 2 aromatic carbocycles. The standard InChI is InChI=1S/C19H21N3O6S/c1-27-17-8-7-15(29(25,26)22-9-11-28-12-10-22)13-16(17)19(24)21-20-18(23)14-5-3-2-4-6-14/h2-8,13H,9-12H2,1H3,(H,20,23)(H,21,24). The molecule has 1 aliphatic rings. The zero-order valence-corrected chi connectivity index (χ0v) is 16.6. The van der Waals surface area contributed by atoms with Gasteiger partial charge in [-0.05, 0) is 30.3 Å². The number of hydrogen-bond donors (Lipinski definition) is 2. The van der Waals surface area contributed by atoms with Crippen LogP contribution in [-0.2, 0) is 14.8 Å². The van der Waals surface area contributed by atoms with Crippen molar-refractivity contribution in [2.75, 3.05) is 33.4 Å². The quantitative estimate of drug-likeness (QED) is 0.693. The smallest absolute Gasteiger partial charge is 0.273 e. The lowest BCUT2D eigenvalue weighted by atomic mass is 10.2. The SMILES string of the molecule is COc1ccc(S(=O)(=O)N2CCOCC2)cc1C(=O)NNC(=O)c1ccccc1. The molecule has 1 heterocycles. The van der Waals surface area contributed by atoms with Crippen molar-refractivity contribution in [2.24, 2.45) is 0 Å². The molecule has 0 spiro atoms. The second-order valence-corrected chi connectivity index (χ2v) is 8.09. The molecule has 1 fully saturated rings. The van der Waals surface area contributed by atoms with E-state index in [1.807, 2.05) is 0 Å². The highest BCUT2D eigenvalue weighted by Crippen LogP contribution is 2.25. The second kappa shape index (κ2) is 9.03. The van der Waals surface area contributed by atoms with Gasteiger partial charge in [0.05, 0.1) is 30.8 Å². The molecule has 3 rings (SSSR count). The molecular formula is C19H21N3O6S. The summed E-state index contributed by atoms with van der Waals surface area (Å²) in [4.78, 5) is 24.6. The Morgan fingerprint density at radius 2 is 1.66 bits per heavy atom. The molecule has 2 aromatic rings. The summed E-state index contributed by atoms with van der Waals surface area (Å²) < 4.78 is 37.3. The van der Waals surface area contributed by atoms with E-state index in [9.17, 15) is 18.0 Å². The van der Waals surface area contributed by atoms with Crippen LogP contribution in [0, 0.1) is 0 Å². The van der Waals surface area contributed by atoms with Crippen LogP contribution in [0.4, 0.5) is 0 Å². The Morgan fingerprint density at radius 1 is 1.00 bits per heavy atom. The number of sulfonamides is 1. The van der Waals surface area contributed by atoms with Gasteiger partial charge in [0.1, 0.15) is 5.75 Å². The molecule has 1 saturated heterocycles. The number of carbonyl (C=O) groups is 2. The molecule has 0 aliphatic carbocycles. The van der Waals surface area contributed by atoms with Gasteiger partial charge in [-0.25, -0.2) is 8.42 Å². The lowest BCUT2D eigenvalue weighted by molar-refractivity contribution is 0.0730. The van der Waals surface area contributed by atoms with Crippen molar-refractivity contribution < 1.29 is 27.5 Å². The van der Waals surface area contributed by atoms with Gasteiger partial charge in [0.2, 0.25) is 10.0 Å². The second-order valence-electron chi connectivity index (χ2n) is 6.15. The van der Waals surface area contributed by atoms with Crippen LogP contribution in [-0.4, -0.2) is 58.0 Å². The Bertz CT molecular complexity index is 988. The molecule has 0 atom stereocenters. The Morgan fingerprint density at radius 3 is 2.31 bits per heavy atom. The van der Waals surface area contributed by atoms with Gasteiger partial charge in [0, 0.05) is 18.7 Å². The maximum Gasteiger partial charge on any atom is 0.273 e. The summed E-state index contributed by atoms with van der Waals surface area (Å²) in [6, 6.07) is 12.4. The first-order valence-electron chi connectivity index (χ1n) is 8.85. The van der Waals surface area contributed by atoms with E-state index in [2.05, 4.69) is 10.9 Å². The Labute approximate surface area is 168 Å². The van der Waals surface area contributed by atoms with Gasteiger partial charge in [-0.2, -0.15) is 4.31 Å². The molecule has 0 radical (unpaired) electrons. The topological polar surface area (TPSA) is 114 Å². The molecule has 2 amide bonds. The molecule has 0 bridgehead atoms. The predicted octanol–water partition coefficient (Wildman–Crippen LogP) is 0.791. The molecule has 9 nitrogen and oxygen atoms in total. The van der Waals surface area contributed by atoms with E-state index < -0.39 is 21.8 Å². The van der Waals surface area contributed by atoms with Crippen LogP contribution in [0.2, 0.25) is 0 Å². The molecule has 10 heteroatoms. The number of carbonyl (C=O) groups excluding carboxylic acids is 2. The van der Waals surface area contributed by atoms with E-state index in [1.54, 1.807) is 30.3 Å². The zero-order valence-electron chi connectivity index (χ0n) is 15.8. The molecule has 1 aliphatic heterocycles. The maximum absolute atomic E-state index is 12.8. The number of benzene rings is 2. The van der Waals surface area contributed by atoms with E-state index in [-0.39, 0.29) is 29.3 Å². The summed E-state index contributed by atoms with van der Waals surface area (Å²) in [7, 11) is -2.42. The highest BCUT2D eigenvalue weighted by molar-refractivity contribution is 7.89. The summed E-state index contributed by atoms with van der Waals surface area (Å²) in [5, 5.41) is 0. The monoisotopic (exact) mass is 419 g/mol. The number of hydrazine groups is 1. The fourth-order valence-electron chi connectivity index (χ4n) is 2.80. The largest absolute Gasteiger partial charge is 0.496 e. The van der Waals surface area contributed by atoms with E-state index >= 15 is 0 Å². The summed E-state index contributed by atoms with van der Waals surface area (Å²) in [6.07, 6.45) is 0. The molecule has 0 saturated carbocycles. The number of methoxy groups -OCH3 is 1. The van der Waals surface area contributed by atoms with Crippen molar-refractivity contribution >= 4 is 21.8 Å². The fraction of sp³-hybridized carbons (Fsp3) is 0.263. The van der Waals surface area contributed by atoms with Crippen molar-refractivity contribution in [3.8, 4) is 5.75 Å². The van der Waals surface area contributed by atoms with Gasteiger partial charge in [0.25, 0.3) is 11.8 Å². The van der Waals surface area contributed by atoms with Crippen molar-refractivity contribution in [3.05, 3.63) is 59.7 Å². The van der Waals surface area contributed by atoms with Gasteiger partial charge < -0.3 is 9.47 Å². The van der Waals surface area contributed by atoms with Gasteiger partial charge in [-0.1, -0.05) is 18.2 Å². The van der Waals surface area contributed by atoms with Gasteiger partial charge in [0.15, 0.2) is 0 Å². The first-order chi connectivity index (χ1) is 13.9. The van der Waals surface area contributed by atoms with Crippen LogP contribution >= 0.6 is 0 Å². The first-order valence-corrected chi connectivity index (χ1v) is 10.3. The van der Waals surface area contributed by atoms with E-state index in [0.717, 1.165) is 0 Å². The molecule has 29 heavy (non-hydrogen) atoms. The minimum atomic E-state index is -3.79. The Hall–Kier alpha value is -2.95. The molecule has 154 valence electrons. The van der Waals surface area contributed by atoms with Crippen molar-refractivity contribution in [1.82, 2.24) is 15.2 Å². The van der Waals surface area contributed by atoms with Gasteiger partial charge in [-0.3, -0.25) is 20.4 Å². The predicted molar refractivity (Wildman–Crippen MR) is 104 cm³/mol. The number of nitrogens with one attached hydrogen (secondary N) is 2. The summed E-state index contributed by atoms with van der Waals surface area (Å²) >= 11 is 0. The minimum absolute atomic E-state index is 0.0183. The van der Waals surface area contributed by atoms with Crippen LogP contribution in [0.1, 0.15) is 20.7 Å². The van der Waals surface area contributed by atoms with E-state index in [1.165, 1.54) is 29.6 Å². The van der Waals surface area contributed by atoms with Gasteiger partial charge >= 0.3 is 0 Å². The number of ether oxygens (including phenoxy) is 2. The molecule has 0 unspecified atom stereocenters. The Kier molecular flexibility index (Phi) is 6.47. The first kappa shape index (κ1) is 20.8. The highest BCUT2D eigenvalue weighted by Gasteiger charge is 2.28. The van der Waals surface area contributed by atoms with Gasteiger partial charge in [-0.15, -0.1) is 0 Å². The molecule has 0 aromatic heterocycles. The summed E-state index contributed by atoms with van der Waals surface area (Å²) in [5.41, 5.74) is 4.93. The third-order valence-electron chi connectivity index (χ3n) is 4.35. The number of amides is 2. The number of hydrogen-bond acceptors (Lipinski definition) is 6. The Balaban J connectivity index is 1.79. The van der Waals surface area contributed by atoms with Crippen molar-refractivity contribution in [1.29, 1.82) is 0 Å². The maximum atomic E-state index is 12.8. The number of nitrogens with zero attached hydrogens (tertiary/aromatic N) is 1. The molecule has 2 N–H and O–H groups in total.